The van der Waals surface area contributed by atoms with Crippen LogP contribution < -0.4 is 4.74 Å². The van der Waals surface area contributed by atoms with Crippen molar-refractivity contribution in [1.82, 2.24) is 25.1 Å². The van der Waals surface area contributed by atoms with E-state index in [0.717, 1.165) is 29.3 Å². The van der Waals surface area contributed by atoms with Crippen LogP contribution in [0.15, 0.2) is 29.4 Å². The summed E-state index contributed by atoms with van der Waals surface area (Å²) in [5.74, 6) is 1.19. The third-order valence-electron chi connectivity index (χ3n) is 5.03. The molecule has 1 aromatic heterocycles. The van der Waals surface area contributed by atoms with Gasteiger partial charge in [0, 0.05) is 7.05 Å². The van der Waals surface area contributed by atoms with E-state index in [-0.39, 0.29) is 11.9 Å². The van der Waals surface area contributed by atoms with Crippen LogP contribution in [0.3, 0.4) is 0 Å². The van der Waals surface area contributed by atoms with Gasteiger partial charge in [-0.25, -0.2) is 4.68 Å². The predicted octanol–water partition coefficient (Wildman–Crippen LogP) is 3.11. The summed E-state index contributed by atoms with van der Waals surface area (Å²) >= 11 is 1.41. The summed E-state index contributed by atoms with van der Waals surface area (Å²) in [6, 6.07) is 8.16. The molecule has 1 aromatic carbocycles. The fourth-order valence-corrected chi connectivity index (χ4v) is 4.08. The SMILES string of the molecule is COc1ccc(C(C)N(C)C(=O)CSc2nnnn2C2CCCC2)cc1. The fraction of sp³-hybridized carbons (Fsp3) is 0.556. The zero-order valence-corrected chi connectivity index (χ0v) is 16.3. The normalized spacial score (nSPS) is 15.8. The minimum Gasteiger partial charge on any atom is -0.497 e. The second-order valence-corrected chi connectivity index (χ2v) is 7.53. The van der Waals surface area contributed by atoms with Crippen molar-refractivity contribution in [3.05, 3.63) is 29.8 Å². The van der Waals surface area contributed by atoms with Crippen LogP contribution in [0.5, 0.6) is 5.75 Å². The lowest BCUT2D eigenvalue weighted by atomic mass is 10.1. The molecule has 140 valence electrons. The maximum atomic E-state index is 12.6. The number of hydrogen-bond acceptors (Lipinski definition) is 6. The Morgan fingerprint density at radius 1 is 1.35 bits per heavy atom. The van der Waals surface area contributed by atoms with Crippen LogP contribution in [0.1, 0.15) is 50.3 Å². The van der Waals surface area contributed by atoms with Crippen molar-refractivity contribution in [1.29, 1.82) is 0 Å². The van der Waals surface area contributed by atoms with Gasteiger partial charge in [-0.2, -0.15) is 0 Å². The van der Waals surface area contributed by atoms with Crippen molar-refractivity contribution in [3.8, 4) is 5.75 Å². The molecule has 1 fully saturated rings. The molecular formula is C18H25N5O2S. The summed E-state index contributed by atoms with van der Waals surface area (Å²) in [6.07, 6.45) is 4.66. The monoisotopic (exact) mass is 375 g/mol. The Bertz CT molecular complexity index is 727. The largest absolute Gasteiger partial charge is 0.497 e. The molecule has 7 nitrogen and oxygen atoms in total. The molecule has 2 aromatic rings. The molecule has 0 saturated heterocycles. The average molecular weight is 375 g/mol. The van der Waals surface area contributed by atoms with Crippen LogP contribution >= 0.6 is 11.8 Å². The molecule has 8 heteroatoms. The van der Waals surface area contributed by atoms with Crippen LogP contribution in [0.4, 0.5) is 0 Å². The number of carbonyl (C=O) groups is 1. The fourth-order valence-electron chi connectivity index (χ4n) is 3.21. The molecule has 26 heavy (non-hydrogen) atoms. The Balaban J connectivity index is 1.58. The van der Waals surface area contributed by atoms with E-state index in [2.05, 4.69) is 15.5 Å². The molecule has 1 saturated carbocycles. The first-order chi connectivity index (χ1) is 12.6. The Morgan fingerprint density at radius 2 is 2.04 bits per heavy atom. The van der Waals surface area contributed by atoms with E-state index in [1.807, 2.05) is 42.9 Å². The molecule has 0 radical (unpaired) electrons. The number of aromatic nitrogens is 4. The third-order valence-corrected chi connectivity index (χ3v) is 5.95. The lowest BCUT2D eigenvalue weighted by Crippen LogP contribution is -2.31. The van der Waals surface area contributed by atoms with E-state index >= 15 is 0 Å². The van der Waals surface area contributed by atoms with Crippen molar-refractivity contribution in [2.75, 3.05) is 19.9 Å². The second kappa shape index (κ2) is 8.53. The van der Waals surface area contributed by atoms with Crippen molar-refractivity contribution >= 4 is 17.7 Å². The first-order valence-electron chi connectivity index (χ1n) is 8.90. The van der Waals surface area contributed by atoms with Crippen molar-refractivity contribution < 1.29 is 9.53 Å². The number of carbonyl (C=O) groups excluding carboxylic acids is 1. The van der Waals surface area contributed by atoms with Crippen molar-refractivity contribution in [3.63, 3.8) is 0 Å². The quantitative estimate of drug-likeness (QED) is 0.693. The lowest BCUT2D eigenvalue weighted by Gasteiger charge is -2.25. The van der Waals surface area contributed by atoms with Gasteiger partial charge >= 0.3 is 0 Å². The summed E-state index contributed by atoms with van der Waals surface area (Å²) < 4.78 is 7.07. The van der Waals surface area contributed by atoms with E-state index in [1.165, 1.54) is 24.6 Å². The molecule has 0 aliphatic heterocycles. The van der Waals surface area contributed by atoms with Crippen molar-refractivity contribution in [2.24, 2.45) is 0 Å². The predicted molar refractivity (Wildman–Crippen MR) is 100 cm³/mol. The number of thioether (sulfide) groups is 1. The van der Waals surface area contributed by atoms with E-state index in [9.17, 15) is 4.79 Å². The molecule has 1 aliphatic rings. The number of tetrazole rings is 1. The highest BCUT2D eigenvalue weighted by molar-refractivity contribution is 7.99. The molecule has 1 unspecified atom stereocenters. The van der Waals surface area contributed by atoms with E-state index < -0.39 is 0 Å². The summed E-state index contributed by atoms with van der Waals surface area (Å²) in [5, 5.41) is 12.7. The summed E-state index contributed by atoms with van der Waals surface area (Å²) in [4.78, 5) is 14.4. The van der Waals surface area contributed by atoms with E-state index in [0.29, 0.717) is 11.8 Å². The molecule has 1 aliphatic carbocycles. The first kappa shape index (κ1) is 18.7. The van der Waals surface area contributed by atoms with Crippen LogP contribution in [0, 0.1) is 0 Å². The van der Waals surface area contributed by atoms with Gasteiger partial charge in [-0.15, -0.1) is 5.10 Å². The Labute approximate surface area is 158 Å². The highest BCUT2D eigenvalue weighted by Gasteiger charge is 2.23. The van der Waals surface area contributed by atoms with Gasteiger partial charge in [-0.05, 0) is 47.9 Å². The number of amides is 1. The number of hydrogen-bond donors (Lipinski definition) is 0. The summed E-state index contributed by atoms with van der Waals surface area (Å²) in [5.41, 5.74) is 1.07. The topological polar surface area (TPSA) is 73.1 Å². The molecular weight excluding hydrogens is 350 g/mol. The Kier molecular flexibility index (Phi) is 6.13. The number of benzene rings is 1. The minimum absolute atomic E-state index is 0.0140. The molecule has 1 heterocycles. The number of ether oxygens (including phenoxy) is 1. The van der Waals surface area contributed by atoms with Gasteiger partial charge in [0.2, 0.25) is 11.1 Å². The Hall–Kier alpha value is -2.09. The average Bonchev–Trinajstić information content (AvgIpc) is 3.36. The highest BCUT2D eigenvalue weighted by Crippen LogP contribution is 2.31. The molecule has 0 N–H and O–H groups in total. The zero-order valence-electron chi connectivity index (χ0n) is 15.5. The highest BCUT2D eigenvalue weighted by atomic mass is 32.2. The minimum atomic E-state index is -0.0140. The van der Waals surface area contributed by atoms with Gasteiger partial charge in [-0.1, -0.05) is 36.7 Å². The molecule has 1 amide bonds. The van der Waals surface area contributed by atoms with Gasteiger partial charge in [0.1, 0.15) is 5.75 Å². The van der Waals surface area contributed by atoms with Gasteiger partial charge < -0.3 is 9.64 Å². The molecule has 0 spiro atoms. The zero-order chi connectivity index (χ0) is 18.5. The van der Waals surface area contributed by atoms with Crippen LogP contribution in [0.2, 0.25) is 0 Å². The maximum Gasteiger partial charge on any atom is 0.233 e. The van der Waals surface area contributed by atoms with Gasteiger partial charge in [0.15, 0.2) is 0 Å². The second-order valence-electron chi connectivity index (χ2n) is 6.59. The standard InChI is InChI=1S/C18H25N5O2S/c1-13(14-8-10-16(25-3)11-9-14)22(2)17(24)12-26-18-19-20-21-23(18)15-6-4-5-7-15/h8-11,13,15H,4-7,12H2,1-3H3. The van der Waals surface area contributed by atoms with Crippen LogP contribution in [0.25, 0.3) is 0 Å². The maximum absolute atomic E-state index is 12.6. The number of rotatable bonds is 7. The Morgan fingerprint density at radius 3 is 2.69 bits per heavy atom. The summed E-state index contributed by atoms with van der Waals surface area (Å²) in [6.45, 7) is 2.02. The third kappa shape index (κ3) is 4.17. The van der Waals surface area contributed by atoms with Gasteiger partial charge in [0.25, 0.3) is 0 Å². The molecule has 0 bridgehead atoms. The first-order valence-corrected chi connectivity index (χ1v) is 9.89. The summed E-state index contributed by atoms with van der Waals surface area (Å²) in [7, 11) is 3.47. The van der Waals surface area contributed by atoms with Gasteiger partial charge in [-0.3, -0.25) is 4.79 Å². The van der Waals surface area contributed by atoms with Crippen molar-refractivity contribution in [2.45, 2.75) is 49.8 Å². The van der Waals surface area contributed by atoms with E-state index in [1.54, 1.807) is 12.0 Å². The lowest BCUT2D eigenvalue weighted by molar-refractivity contribution is -0.128. The van der Waals surface area contributed by atoms with Gasteiger partial charge in [0.05, 0.1) is 24.9 Å². The number of nitrogens with zero attached hydrogens (tertiary/aromatic N) is 5. The molecule has 3 rings (SSSR count). The van der Waals surface area contributed by atoms with E-state index in [4.69, 9.17) is 4.74 Å². The molecule has 1 atom stereocenters. The van der Waals surface area contributed by atoms with Crippen LogP contribution in [-0.4, -0.2) is 50.9 Å². The van der Waals surface area contributed by atoms with Crippen LogP contribution in [-0.2, 0) is 4.79 Å². The number of methoxy groups -OCH3 is 1. The smallest absolute Gasteiger partial charge is 0.233 e.